The number of nitro groups is 1. The second-order valence-electron chi connectivity index (χ2n) is 5.30. The lowest BCUT2D eigenvalue weighted by Crippen LogP contribution is -2.04. The summed E-state index contributed by atoms with van der Waals surface area (Å²) in [7, 11) is 0. The van der Waals surface area contributed by atoms with E-state index in [1.54, 1.807) is 18.3 Å². The molecule has 3 aromatic rings. The molecule has 1 aromatic carbocycles. The maximum absolute atomic E-state index is 11.6. The number of aromatic nitrogens is 3. The summed E-state index contributed by atoms with van der Waals surface area (Å²) < 4.78 is 5.51. The molecule has 0 fully saturated rings. The van der Waals surface area contributed by atoms with Gasteiger partial charge in [-0.15, -0.1) is 0 Å². The molecule has 0 atom stereocenters. The Morgan fingerprint density at radius 2 is 2.00 bits per heavy atom. The Morgan fingerprint density at radius 3 is 2.72 bits per heavy atom. The minimum Gasteiger partial charge on any atom is -0.432 e. The molecule has 0 aliphatic carbocycles. The minimum atomic E-state index is -0.570. The number of hydrogen-bond acceptors (Lipinski definition) is 7. The van der Waals surface area contributed by atoms with Gasteiger partial charge in [0.05, 0.1) is 11.1 Å². The minimum absolute atomic E-state index is 0.0626. The van der Waals surface area contributed by atoms with E-state index in [2.05, 4.69) is 20.3 Å². The third-order valence-corrected chi connectivity index (χ3v) is 3.68. The average molecular weight is 337 g/mol. The SMILES string of the molecule is Cc1cccc(Nc2ncnc(Oc3cccnc3)c2[N+](=O)[O-])c1C. The van der Waals surface area contributed by atoms with Crippen molar-refractivity contribution in [3.8, 4) is 11.6 Å². The second-order valence-corrected chi connectivity index (χ2v) is 5.30. The molecule has 0 unspecified atom stereocenters. The summed E-state index contributed by atoms with van der Waals surface area (Å²) in [6, 6.07) is 8.96. The first-order chi connectivity index (χ1) is 12.1. The Balaban J connectivity index is 2.01. The van der Waals surface area contributed by atoms with E-state index in [1.165, 1.54) is 12.5 Å². The van der Waals surface area contributed by atoms with E-state index in [0.29, 0.717) is 5.75 Å². The van der Waals surface area contributed by atoms with Crippen LogP contribution in [0.2, 0.25) is 0 Å². The van der Waals surface area contributed by atoms with E-state index in [1.807, 2.05) is 32.0 Å². The van der Waals surface area contributed by atoms with Gasteiger partial charge in [-0.1, -0.05) is 12.1 Å². The summed E-state index contributed by atoms with van der Waals surface area (Å²) >= 11 is 0. The number of nitrogens with zero attached hydrogens (tertiary/aromatic N) is 4. The second kappa shape index (κ2) is 6.91. The Kier molecular flexibility index (Phi) is 4.51. The van der Waals surface area contributed by atoms with Gasteiger partial charge < -0.3 is 10.1 Å². The molecule has 0 amide bonds. The molecule has 0 bridgehead atoms. The van der Waals surface area contributed by atoms with Gasteiger partial charge in [-0.05, 0) is 43.2 Å². The van der Waals surface area contributed by atoms with E-state index >= 15 is 0 Å². The molecular formula is C17H15N5O3. The van der Waals surface area contributed by atoms with Gasteiger partial charge >= 0.3 is 11.6 Å². The first kappa shape index (κ1) is 16.3. The zero-order chi connectivity index (χ0) is 17.8. The van der Waals surface area contributed by atoms with Gasteiger partial charge in [0.15, 0.2) is 0 Å². The highest BCUT2D eigenvalue weighted by atomic mass is 16.6. The normalized spacial score (nSPS) is 10.3. The van der Waals surface area contributed by atoms with Crippen molar-refractivity contribution in [2.75, 3.05) is 5.32 Å². The van der Waals surface area contributed by atoms with Gasteiger partial charge in [0.1, 0.15) is 12.1 Å². The van der Waals surface area contributed by atoms with Crippen molar-refractivity contribution < 1.29 is 9.66 Å². The van der Waals surface area contributed by atoms with Crippen LogP contribution < -0.4 is 10.1 Å². The van der Waals surface area contributed by atoms with Gasteiger partial charge in [0.25, 0.3) is 0 Å². The number of ether oxygens (including phenoxy) is 1. The first-order valence-electron chi connectivity index (χ1n) is 7.47. The Bertz CT molecular complexity index is 915. The molecule has 2 heterocycles. The first-order valence-corrected chi connectivity index (χ1v) is 7.47. The molecule has 8 heteroatoms. The number of anilines is 2. The highest BCUT2D eigenvalue weighted by Gasteiger charge is 2.25. The monoisotopic (exact) mass is 337 g/mol. The highest BCUT2D eigenvalue weighted by Crippen LogP contribution is 2.35. The van der Waals surface area contributed by atoms with Crippen LogP contribution in [0.1, 0.15) is 11.1 Å². The van der Waals surface area contributed by atoms with Crippen molar-refractivity contribution >= 4 is 17.2 Å². The molecule has 0 saturated heterocycles. The van der Waals surface area contributed by atoms with E-state index < -0.39 is 4.92 Å². The van der Waals surface area contributed by atoms with E-state index in [4.69, 9.17) is 4.74 Å². The van der Waals surface area contributed by atoms with Crippen LogP contribution in [0, 0.1) is 24.0 Å². The summed E-state index contributed by atoms with van der Waals surface area (Å²) in [5, 5.41) is 14.6. The predicted octanol–water partition coefficient (Wildman–Crippen LogP) is 3.93. The maximum Gasteiger partial charge on any atom is 0.373 e. The zero-order valence-corrected chi connectivity index (χ0v) is 13.6. The fraction of sp³-hybridized carbons (Fsp3) is 0.118. The maximum atomic E-state index is 11.6. The molecule has 0 radical (unpaired) electrons. The van der Waals surface area contributed by atoms with E-state index in [0.717, 1.165) is 16.8 Å². The largest absolute Gasteiger partial charge is 0.432 e. The number of benzene rings is 1. The van der Waals surface area contributed by atoms with Crippen LogP contribution in [0.15, 0.2) is 49.1 Å². The topological polar surface area (TPSA) is 103 Å². The van der Waals surface area contributed by atoms with Gasteiger partial charge in [-0.25, -0.2) is 4.98 Å². The third-order valence-electron chi connectivity index (χ3n) is 3.68. The van der Waals surface area contributed by atoms with Crippen LogP contribution >= 0.6 is 0 Å². The van der Waals surface area contributed by atoms with Crippen molar-refractivity contribution in [2.45, 2.75) is 13.8 Å². The number of aryl methyl sites for hydroxylation is 1. The lowest BCUT2D eigenvalue weighted by Gasteiger charge is -2.12. The molecule has 0 saturated carbocycles. The van der Waals surface area contributed by atoms with Crippen LogP contribution in [0.25, 0.3) is 0 Å². The standard InChI is InChI=1S/C17H15N5O3/c1-11-5-3-7-14(12(11)2)21-16-15(22(23)24)17(20-10-19-16)25-13-6-4-8-18-9-13/h3-10H,1-2H3,(H,19,20,21). The zero-order valence-electron chi connectivity index (χ0n) is 13.6. The van der Waals surface area contributed by atoms with Crippen molar-refractivity contribution in [1.29, 1.82) is 0 Å². The molecule has 8 nitrogen and oxygen atoms in total. The van der Waals surface area contributed by atoms with Crippen LogP contribution in [0.5, 0.6) is 11.6 Å². The number of hydrogen-bond donors (Lipinski definition) is 1. The number of pyridine rings is 1. The summed E-state index contributed by atoms with van der Waals surface area (Å²) in [6.45, 7) is 3.89. The Labute approximate surface area is 143 Å². The molecular weight excluding hydrogens is 322 g/mol. The highest BCUT2D eigenvalue weighted by molar-refractivity contribution is 5.71. The number of nitrogens with one attached hydrogen (secondary N) is 1. The van der Waals surface area contributed by atoms with Crippen molar-refractivity contribution in [2.24, 2.45) is 0 Å². The molecule has 3 rings (SSSR count). The summed E-state index contributed by atoms with van der Waals surface area (Å²) in [6.07, 6.45) is 4.24. The van der Waals surface area contributed by atoms with Crippen molar-refractivity contribution in [3.05, 3.63) is 70.3 Å². The molecule has 0 spiro atoms. The van der Waals surface area contributed by atoms with Crippen LogP contribution in [0.3, 0.4) is 0 Å². The molecule has 0 aliphatic heterocycles. The van der Waals surface area contributed by atoms with Crippen molar-refractivity contribution in [1.82, 2.24) is 15.0 Å². The van der Waals surface area contributed by atoms with Crippen LogP contribution in [-0.4, -0.2) is 19.9 Å². The third kappa shape index (κ3) is 3.52. The number of rotatable bonds is 5. The fourth-order valence-electron chi connectivity index (χ4n) is 2.23. The lowest BCUT2D eigenvalue weighted by atomic mass is 10.1. The lowest BCUT2D eigenvalue weighted by molar-refractivity contribution is -0.385. The van der Waals surface area contributed by atoms with E-state index in [9.17, 15) is 10.1 Å². The molecule has 25 heavy (non-hydrogen) atoms. The van der Waals surface area contributed by atoms with Gasteiger partial charge in [-0.3, -0.25) is 15.1 Å². The van der Waals surface area contributed by atoms with Gasteiger partial charge in [-0.2, -0.15) is 4.98 Å². The Hall–Kier alpha value is -3.55. The van der Waals surface area contributed by atoms with Crippen molar-refractivity contribution in [3.63, 3.8) is 0 Å². The summed E-state index contributed by atoms with van der Waals surface area (Å²) in [5.74, 6) is 0.260. The Morgan fingerprint density at radius 1 is 1.16 bits per heavy atom. The smallest absolute Gasteiger partial charge is 0.373 e. The molecule has 2 aromatic heterocycles. The quantitative estimate of drug-likeness (QED) is 0.555. The predicted molar refractivity (Wildman–Crippen MR) is 92.2 cm³/mol. The van der Waals surface area contributed by atoms with E-state index in [-0.39, 0.29) is 17.4 Å². The van der Waals surface area contributed by atoms with Crippen LogP contribution in [0.4, 0.5) is 17.2 Å². The molecule has 0 aliphatic rings. The fourth-order valence-corrected chi connectivity index (χ4v) is 2.23. The molecule has 126 valence electrons. The summed E-state index contributed by atoms with van der Waals surface area (Å²) in [5.41, 5.74) is 2.43. The van der Waals surface area contributed by atoms with Gasteiger partial charge in [0, 0.05) is 11.9 Å². The molecule has 1 N–H and O–H groups in total. The van der Waals surface area contributed by atoms with Crippen LogP contribution in [-0.2, 0) is 0 Å². The summed E-state index contributed by atoms with van der Waals surface area (Å²) in [4.78, 5) is 22.8. The van der Waals surface area contributed by atoms with Gasteiger partial charge in [0.2, 0.25) is 5.82 Å². The average Bonchev–Trinajstić information content (AvgIpc) is 2.60.